The maximum Gasteiger partial charge on any atom is 0.242 e. The zero-order valence-corrected chi connectivity index (χ0v) is 15.0. The first-order chi connectivity index (χ1) is 12.4. The SMILES string of the molecule is CC(=O)NCC(=O)N1CCOc2c(O)cc(-c3cccc(Cl)c3)cc2C1. The summed E-state index contributed by atoms with van der Waals surface area (Å²) in [5.74, 6) is -0.0609. The molecule has 2 aromatic carbocycles. The van der Waals surface area contributed by atoms with Gasteiger partial charge in [-0.2, -0.15) is 0 Å². The minimum absolute atomic E-state index is 0.0219. The topological polar surface area (TPSA) is 78.9 Å². The quantitative estimate of drug-likeness (QED) is 0.865. The van der Waals surface area contributed by atoms with Gasteiger partial charge in [0.2, 0.25) is 11.8 Å². The van der Waals surface area contributed by atoms with Crippen molar-refractivity contribution in [3.05, 3.63) is 47.0 Å². The van der Waals surface area contributed by atoms with E-state index in [4.69, 9.17) is 16.3 Å². The number of aromatic hydroxyl groups is 1. The van der Waals surface area contributed by atoms with E-state index in [1.54, 1.807) is 23.1 Å². The molecule has 1 aliphatic heterocycles. The fraction of sp³-hybridized carbons (Fsp3) is 0.263. The van der Waals surface area contributed by atoms with Gasteiger partial charge in [-0.3, -0.25) is 9.59 Å². The molecule has 0 atom stereocenters. The Hall–Kier alpha value is -2.73. The van der Waals surface area contributed by atoms with Crippen molar-refractivity contribution in [2.45, 2.75) is 13.5 Å². The molecule has 0 bridgehead atoms. The summed E-state index contributed by atoms with van der Waals surface area (Å²) in [5, 5.41) is 13.5. The molecule has 0 aliphatic carbocycles. The molecular formula is C19H19ClN2O4. The van der Waals surface area contributed by atoms with Gasteiger partial charge < -0.3 is 20.1 Å². The van der Waals surface area contributed by atoms with Crippen molar-refractivity contribution in [3.63, 3.8) is 0 Å². The fourth-order valence-electron chi connectivity index (χ4n) is 2.86. The van der Waals surface area contributed by atoms with Gasteiger partial charge in [0, 0.05) is 24.1 Å². The lowest BCUT2D eigenvalue weighted by molar-refractivity contribution is -0.133. The molecule has 2 amide bonds. The summed E-state index contributed by atoms with van der Waals surface area (Å²) in [7, 11) is 0. The number of amides is 2. The number of ether oxygens (including phenoxy) is 1. The number of nitrogens with one attached hydrogen (secondary N) is 1. The fourth-order valence-corrected chi connectivity index (χ4v) is 3.05. The first-order valence-corrected chi connectivity index (χ1v) is 8.58. The van der Waals surface area contributed by atoms with Gasteiger partial charge in [-0.25, -0.2) is 0 Å². The molecule has 1 aliphatic rings. The van der Waals surface area contributed by atoms with E-state index < -0.39 is 0 Å². The number of benzene rings is 2. The van der Waals surface area contributed by atoms with Crippen LogP contribution in [0.3, 0.4) is 0 Å². The predicted molar refractivity (Wildman–Crippen MR) is 98.1 cm³/mol. The van der Waals surface area contributed by atoms with Crippen molar-refractivity contribution >= 4 is 23.4 Å². The highest BCUT2D eigenvalue weighted by Gasteiger charge is 2.23. The highest BCUT2D eigenvalue weighted by atomic mass is 35.5. The Morgan fingerprint density at radius 2 is 2.08 bits per heavy atom. The smallest absolute Gasteiger partial charge is 0.242 e. The van der Waals surface area contributed by atoms with Crippen molar-refractivity contribution in [3.8, 4) is 22.6 Å². The second-order valence-electron chi connectivity index (χ2n) is 6.07. The second kappa shape index (κ2) is 7.66. The lowest BCUT2D eigenvalue weighted by atomic mass is 10.0. The van der Waals surface area contributed by atoms with E-state index in [1.807, 2.05) is 18.2 Å². The Labute approximate surface area is 156 Å². The molecule has 3 rings (SSSR count). The van der Waals surface area contributed by atoms with Gasteiger partial charge in [0.25, 0.3) is 0 Å². The summed E-state index contributed by atoms with van der Waals surface area (Å²) in [6, 6.07) is 10.8. The molecule has 26 heavy (non-hydrogen) atoms. The summed E-state index contributed by atoms with van der Waals surface area (Å²) >= 11 is 6.05. The molecule has 0 unspecified atom stereocenters. The van der Waals surface area contributed by atoms with E-state index in [1.165, 1.54) is 6.92 Å². The van der Waals surface area contributed by atoms with Crippen LogP contribution in [0.25, 0.3) is 11.1 Å². The van der Waals surface area contributed by atoms with E-state index in [2.05, 4.69) is 5.32 Å². The van der Waals surface area contributed by atoms with Gasteiger partial charge in [-0.15, -0.1) is 0 Å². The van der Waals surface area contributed by atoms with Crippen molar-refractivity contribution in [2.24, 2.45) is 0 Å². The molecule has 0 radical (unpaired) electrons. The maximum absolute atomic E-state index is 12.3. The van der Waals surface area contributed by atoms with Gasteiger partial charge >= 0.3 is 0 Å². The molecule has 136 valence electrons. The molecule has 6 nitrogen and oxygen atoms in total. The first-order valence-electron chi connectivity index (χ1n) is 8.21. The van der Waals surface area contributed by atoms with Gasteiger partial charge in [0.1, 0.15) is 6.61 Å². The minimum Gasteiger partial charge on any atom is -0.504 e. The van der Waals surface area contributed by atoms with E-state index >= 15 is 0 Å². The van der Waals surface area contributed by atoms with Crippen LogP contribution in [0.15, 0.2) is 36.4 Å². The zero-order chi connectivity index (χ0) is 18.7. The predicted octanol–water partition coefficient (Wildman–Crippen LogP) is 2.57. The third-order valence-electron chi connectivity index (χ3n) is 4.11. The van der Waals surface area contributed by atoms with Crippen LogP contribution in [0.5, 0.6) is 11.5 Å². The molecule has 1 heterocycles. The summed E-state index contributed by atoms with van der Waals surface area (Å²) < 4.78 is 5.64. The molecule has 2 N–H and O–H groups in total. The lowest BCUT2D eigenvalue weighted by Gasteiger charge is -2.20. The first kappa shape index (κ1) is 18.1. The van der Waals surface area contributed by atoms with Crippen LogP contribution in [0.2, 0.25) is 5.02 Å². The third kappa shape index (κ3) is 4.08. The Morgan fingerprint density at radius 1 is 1.27 bits per heavy atom. The number of halogens is 1. The van der Waals surface area contributed by atoms with Gasteiger partial charge in [0.05, 0.1) is 13.1 Å². The number of carbonyl (C=O) groups is 2. The zero-order valence-electron chi connectivity index (χ0n) is 14.3. The van der Waals surface area contributed by atoms with Crippen LogP contribution in [-0.2, 0) is 16.1 Å². The largest absolute Gasteiger partial charge is 0.504 e. The van der Waals surface area contributed by atoms with Gasteiger partial charge in [-0.1, -0.05) is 23.7 Å². The van der Waals surface area contributed by atoms with Crippen LogP contribution in [0.1, 0.15) is 12.5 Å². The van der Waals surface area contributed by atoms with Gasteiger partial charge in [-0.05, 0) is 35.4 Å². The van der Waals surface area contributed by atoms with Crippen molar-refractivity contribution < 1.29 is 19.4 Å². The second-order valence-corrected chi connectivity index (χ2v) is 6.50. The maximum atomic E-state index is 12.3. The highest BCUT2D eigenvalue weighted by molar-refractivity contribution is 6.30. The average Bonchev–Trinajstić information content (AvgIpc) is 2.82. The van der Waals surface area contributed by atoms with E-state index in [0.717, 1.165) is 11.1 Å². The van der Waals surface area contributed by atoms with E-state index in [-0.39, 0.29) is 37.3 Å². The van der Waals surface area contributed by atoms with E-state index in [0.29, 0.717) is 22.9 Å². The summed E-state index contributed by atoms with van der Waals surface area (Å²) in [4.78, 5) is 24.9. The number of carbonyl (C=O) groups excluding carboxylic acids is 2. The Morgan fingerprint density at radius 3 is 2.81 bits per heavy atom. The molecule has 7 heteroatoms. The lowest BCUT2D eigenvalue weighted by Crippen LogP contribution is -2.40. The number of hydrogen-bond donors (Lipinski definition) is 2. The van der Waals surface area contributed by atoms with Crippen molar-refractivity contribution in [1.82, 2.24) is 10.2 Å². The number of hydrogen-bond acceptors (Lipinski definition) is 4. The number of phenols is 1. The summed E-state index contributed by atoms with van der Waals surface area (Å²) in [6.07, 6.45) is 0. The number of nitrogens with zero attached hydrogens (tertiary/aromatic N) is 1. The monoisotopic (exact) mass is 374 g/mol. The Bertz CT molecular complexity index is 853. The average molecular weight is 375 g/mol. The molecular weight excluding hydrogens is 356 g/mol. The molecule has 0 aromatic heterocycles. The van der Waals surface area contributed by atoms with E-state index in [9.17, 15) is 14.7 Å². The Kier molecular flexibility index (Phi) is 5.32. The van der Waals surface area contributed by atoms with Crippen molar-refractivity contribution in [1.29, 1.82) is 0 Å². The van der Waals surface area contributed by atoms with Crippen LogP contribution >= 0.6 is 11.6 Å². The normalized spacial score (nSPS) is 13.4. The molecule has 0 saturated heterocycles. The number of phenolic OH excluding ortho intramolecular Hbond substituents is 1. The molecule has 0 saturated carbocycles. The van der Waals surface area contributed by atoms with Crippen molar-refractivity contribution in [2.75, 3.05) is 19.7 Å². The standard InChI is InChI=1S/C19H19ClN2O4/c1-12(23)21-10-18(25)22-5-6-26-19-15(11-22)7-14(9-17(19)24)13-3-2-4-16(20)8-13/h2-4,7-9,24H,5-6,10-11H2,1H3,(H,21,23). The number of fused-ring (bicyclic) bond motifs is 1. The van der Waals surface area contributed by atoms with Gasteiger partial charge in [0.15, 0.2) is 11.5 Å². The third-order valence-corrected chi connectivity index (χ3v) is 4.35. The van der Waals surface area contributed by atoms with Crippen LogP contribution in [0.4, 0.5) is 0 Å². The minimum atomic E-state index is -0.259. The summed E-state index contributed by atoms with van der Waals surface area (Å²) in [6.45, 7) is 2.23. The molecule has 0 spiro atoms. The Balaban J connectivity index is 1.90. The molecule has 2 aromatic rings. The summed E-state index contributed by atoms with van der Waals surface area (Å²) in [5.41, 5.74) is 2.34. The van der Waals surface area contributed by atoms with Crippen LogP contribution in [0, 0.1) is 0 Å². The van der Waals surface area contributed by atoms with Crippen LogP contribution < -0.4 is 10.1 Å². The number of rotatable bonds is 3. The highest BCUT2D eigenvalue weighted by Crippen LogP contribution is 2.38. The molecule has 0 fully saturated rings. The van der Waals surface area contributed by atoms with Crippen LogP contribution in [-0.4, -0.2) is 41.5 Å².